The summed E-state index contributed by atoms with van der Waals surface area (Å²) >= 11 is 8.70. The Hall–Kier alpha value is -4.00. The summed E-state index contributed by atoms with van der Waals surface area (Å²) < 4.78 is 9.47. The summed E-state index contributed by atoms with van der Waals surface area (Å²) in [6.07, 6.45) is 2.59. The molecule has 0 bridgehead atoms. The molecule has 2 aliphatic heterocycles. The van der Waals surface area contributed by atoms with Gasteiger partial charge in [0.25, 0.3) is 5.91 Å². The Labute approximate surface area is 243 Å². The van der Waals surface area contributed by atoms with Gasteiger partial charge in [0.05, 0.1) is 11.3 Å². The molecule has 40 heavy (non-hydrogen) atoms. The number of β-lactam (4-membered cyclic amide) rings is 1. The number of fused-ring (bicyclic) bond motifs is 1. The van der Waals surface area contributed by atoms with Gasteiger partial charge in [0.15, 0.2) is 16.6 Å². The van der Waals surface area contributed by atoms with E-state index in [4.69, 9.17) is 22.7 Å². The Kier molecular flexibility index (Phi) is 7.74. The maximum atomic E-state index is 13.4. The Morgan fingerprint density at radius 2 is 2.17 bits per heavy atom. The number of rotatable bonds is 9. The first kappa shape index (κ1) is 27.6. The van der Waals surface area contributed by atoms with E-state index in [2.05, 4.69) is 29.3 Å². The van der Waals surface area contributed by atoms with Crippen LogP contribution in [0.2, 0.25) is 0 Å². The molecule has 2 amide bonds. The number of anilines is 2. The zero-order valence-electron chi connectivity index (χ0n) is 20.6. The molecule has 1 saturated heterocycles. The molecular weight excluding hydrogens is 601 g/mol. The number of ether oxygens (including phenoxy) is 1. The third kappa shape index (κ3) is 4.89. The van der Waals surface area contributed by atoms with Crippen LogP contribution < -0.4 is 20.8 Å². The normalized spacial score (nSPS) is 18.6. The van der Waals surface area contributed by atoms with Gasteiger partial charge >= 0.3 is 5.97 Å². The number of carbonyl (C=O) groups excluding carboxylic acids is 3. The number of hydrogen-bond donors (Lipinski definition) is 2. The van der Waals surface area contributed by atoms with Gasteiger partial charge in [0.2, 0.25) is 11.3 Å². The topological polar surface area (TPSA) is 186 Å². The first-order chi connectivity index (χ1) is 19.2. The lowest BCUT2D eigenvalue weighted by Gasteiger charge is -2.48. The monoisotopic (exact) mass is 618 g/mol. The van der Waals surface area contributed by atoms with Gasteiger partial charge < -0.3 is 25.2 Å². The number of nitrogens with one attached hydrogen (secondary N) is 1. The number of aromatic amines is 1. The summed E-state index contributed by atoms with van der Waals surface area (Å²) in [7, 11) is 2.91. The van der Waals surface area contributed by atoms with Crippen molar-refractivity contribution in [2.24, 2.45) is 16.8 Å². The molecule has 3 N–H and O–H groups in total. The first-order valence-corrected chi connectivity index (χ1v) is 14.4. The molecular formula is C22H18N8O6S4. The second kappa shape index (κ2) is 11.2. The zero-order valence-corrected chi connectivity index (χ0v) is 23.9. The number of primary amides is 1. The lowest BCUT2D eigenvalue weighted by Crippen LogP contribution is -2.62. The van der Waals surface area contributed by atoms with Gasteiger partial charge in [0.1, 0.15) is 35.7 Å². The lowest BCUT2D eigenvalue weighted by atomic mass is 9.97. The standard InChI is InChI=1S/C22H18N8O6S4/c1-29(22-27-11(7-39-22)15(17(23)32)28-35-2)14-3-12(31)13(4-24-14)36-21(34)16-10(18-25-8-26-40-18)6-38-20-9(5-37)19(33)30(16)20/h3-5,7-9,20H,6H2,1-2H3,(H2,23,32)(H,24,31)/t9?,20-/m0/s1. The number of pyridine rings is 1. The van der Waals surface area contributed by atoms with Crippen LogP contribution in [0.4, 0.5) is 10.9 Å². The van der Waals surface area contributed by atoms with Gasteiger partial charge in [-0.2, -0.15) is 4.37 Å². The van der Waals surface area contributed by atoms with Gasteiger partial charge in [-0.25, -0.2) is 14.8 Å². The van der Waals surface area contributed by atoms with Crippen molar-refractivity contribution in [2.45, 2.75) is 5.37 Å². The highest BCUT2D eigenvalue weighted by molar-refractivity contribution is 8.00. The molecule has 5 heterocycles. The van der Waals surface area contributed by atoms with Gasteiger partial charge in [-0.3, -0.25) is 19.3 Å². The molecule has 2 aliphatic rings. The van der Waals surface area contributed by atoms with Gasteiger partial charge in [-0.15, -0.1) is 23.1 Å². The first-order valence-electron chi connectivity index (χ1n) is 11.2. The predicted octanol–water partition coefficient (Wildman–Crippen LogP) is 1.13. The van der Waals surface area contributed by atoms with Gasteiger partial charge in [-0.1, -0.05) is 17.4 Å². The number of thioether (sulfide) groups is 1. The van der Waals surface area contributed by atoms with E-state index in [1.54, 1.807) is 17.3 Å². The number of amides is 2. The largest absolute Gasteiger partial charge is 0.416 e. The second-order valence-electron chi connectivity index (χ2n) is 8.14. The van der Waals surface area contributed by atoms with Crippen LogP contribution in [0.5, 0.6) is 5.75 Å². The number of thiocarbonyl (C=S) groups is 1. The molecule has 0 radical (unpaired) electrons. The molecule has 14 nitrogen and oxygen atoms in total. The van der Waals surface area contributed by atoms with Crippen LogP contribution in [-0.2, 0) is 19.2 Å². The van der Waals surface area contributed by atoms with E-state index in [0.29, 0.717) is 27.3 Å². The Balaban J connectivity index is 1.39. The van der Waals surface area contributed by atoms with E-state index >= 15 is 0 Å². The molecule has 0 aliphatic carbocycles. The number of nitrogens with zero attached hydrogens (tertiary/aromatic N) is 6. The molecule has 2 atom stereocenters. The van der Waals surface area contributed by atoms with E-state index in [1.807, 2.05) is 0 Å². The molecule has 1 unspecified atom stereocenters. The molecule has 18 heteroatoms. The number of nitrogens with two attached hydrogens (primary N) is 1. The predicted molar refractivity (Wildman–Crippen MR) is 153 cm³/mol. The van der Waals surface area contributed by atoms with Crippen molar-refractivity contribution in [2.75, 3.05) is 24.8 Å². The maximum Gasteiger partial charge on any atom is 0.361 e. The van der Waals surface area contributed by atoms with Crippen molar-refractivity contribution in [3.63, 3.8) is 0 Å². The van der Waals surface area contributed by atoms with E-state index in [1.165, 1.54) is 59.1 Å². The molecule has 0 spiro atoms. The van der Waals surface area contributed by atoms with Gasteiger partial charge in [-0.05, 0) is 16.9 Å². The third-order valence-electron chi connectivity index (χ3n) is 5.83. The van der Waals surface area contributed by atoms with Crippen LogP contribution in [0.3, 0.4) is 0 Å². The summed E-state index contributed by atoms with van der Waals surface area (Å²) in [4.78, 5) is 69.7. The molecule has 3 aromatic rings. The average Bonchev–Trinajstić information content (AvgIpc) is 3.64. The van der Waals surface area contributed by atoms with Crippen LogP contribution in [0.15, 0.2) is 39.6 Å². The minimum atomic E-state index is -0.876. The second-order valence-corrected chi connectivity index (χ2v) is 11.1. The van der Waals surface area contributed by atoms with E-state index < -0.39 is 23.2 Å². The van der Waals surface area contributed by atoms with Crippen molar-refractivity contribution < 1.29 is 24.0 Å². The number of aromatic nitrogens is 4. The van der Waals surface area contributed by atoms with Gasteiger partial charge in [0, 0.05) is 36.0 Å². The molecule has 0 aromatic carbocycles. The fourth-order valence-electron chi connectivity index (χ4n) is 3.91. The zero-order chi connectivity index (χ0) is 28.6. The SMILES string of the molecule is CON=C(C(N)=O)c1csc(N(C)c2cc(=O)c(OC(=O)C3=C(c4ncns4)CS[C@H]4C(C=S)C(=O)N34)c[nH]2)n1. The average molecular weight is 619 g/mol. The van der Waals surface area contributed by atoms with Crippen molar-refractivity contribution in [3.8, 4) is 5.75 Å². The van der Waals surface area contributed by atoms with E-state index in [-0.39, 0.29) is 34.1 Å². The Morgan fingerprint density at radius 1 is 1.38 bits per heavy atom. The number of thiazole rings is 1. The minimum Gasteiger partial charge on any atom is -0.416 e. The Bertz CT molecular complexity index is 1630. The molecule has 0 saturated carbocycles. The van der Waals surface area contributed by atoms with E-state index in [0.717, 1.165) is 11.5 Å². The van der Waals surface area contributed by atoms with Crippen LogP contribution in [0, 0.1) is 5.92 Å². The fraction of sp³-hybridized carbons (Fsp3) is 0.227. The summed E-state index contributed by atoms with van der Waals surface area (Å²) in [5.74, 6) is -2.09. The highest BCUT2D eigenvalue weighted by Gasteiger charge is 2.53. The summed E-state index contributed by atoms with van der Waals surface area (Å²) in [5, 5.41) is 7.09. The highest BCUT2D eigenvalue weighted by atomic mass is 32.2. The number of H-pyrrole nitrogens is 1. The third-order valence-corrected chi connectivity index (χ3v) is 9.07. The number of oxime groups is 1. The smallest absolute Gasteiger partial charge is 0.361 e. The van der Waals surface area contributed by atoms with Crippen molar-refractivity contribution in [3.05, 3.63) is 50.6 Å². The summed E-state index contributed by atoms with van der Waals surface area (Å²) in [6, 6.07) is 1.22. The summed E-state index contributed by atoms with van der Waals surface area (Å²) in [5.41, 5.74) is 5.28. The summed E-state index contributed by atoms with van der Waals surface area (Å²) in [6.45, 7) is 0. The van der Waals surface area contributed by atoms with Crippen molar-refractivity contribution in [1.82, 2.24) is 24.2 Å². The van der Waals surface area contributed by atoms with Crippen LogP contribution in [0.25, 0.3) is 5.57 Å². The molecule has 1 fully saturated rings. The van der Waals surface area contributed by atoms with Crippen molar-refractivity contribution >= 4 is 92.2 Å². The van der Waals surface area contributed by atoms with Crippen LogP contribution in [-0.4, -0.2) is 78.4 Å². The van der Waals surface area contributed by atoms with Crippen LogP contribution >= 0.6 is 46.8 Å². The maximum absolute atomic E-state index is 13.4. The molecule has 3 aromatic heterocycles. The van der Waals surface area contributed by atoms with Crippen molar-refractivity contribution in [1.29, 1.82) is 0 Å². The number of esters is 1. The molecule has 206 valence electrons. The highest BCUT2D eigenvalue weighted by Crippen LogP contribution is 2.46. The number of hydrogen-bond acceptors (Lipinski definition) is 15. The fourth-order valence-corrected chi connectivity index (χ4v) is 7.09. The molecule has 5 rings (SSSR count). The minimum absolute atomic E-state index is 0.0116. The Morgan fingerprint density at radius 3 is 2.83 bits per heavy atom. The van der Waals surface area contributed by atoms with E-state index in [9.17, 15) is 19.2 Å². The van der Waals surface area contributed by atoms with Crippen LogP contribution in [0.1, 0.15) is 10.7 Å². The quantitative estimate of drug-likeness (QED) is 0.115. The number of carbonyl (C=O) groups is 3. The lowest BCUT2D eigenvalue weighted by molar-refractivity contribution is -0.147.